The third kappa shape index (κ3) is 5.84. The summed E-state index contributed by atoms with van der Waals surface area (Å²) < 4.78 is 0.728. The first-order chi connectivity index (χ1) is 13.0. The van der Waals surface area contributed by atoms with E-state index in [0.717, 1.165) is 21.2 Å². The van der Waals surface area contributed by atoms with Crippen LogP contribution in [0.1, 0.15) is 11.1 Å². The van der Waals surface area contributed by atoms with E-state index in [0.29, 0.717) is 21.7 Å². The highest BCUT2D eigenvalue weighted by Gasteiger charge is 2.10. The van der Waals surface area contributed by atoms with E-state index in [4.69, 9.17) is 23.2 Å². The van der Waals surface area contributed by atoms with Gasteiger partial charge in [-0.2, -0.15) is 0 Å². The molecule has 9 heteroatoms. The Bertz CT molecular complexity index is 949. The molecule has 2 aromatic carbocycles. The molecule has 0 aliphatic carbocycles. The first-order valence-corrected chi connectivity index (χ1v) is 10.6. The number of rotatable bonds is 7. The van der Waals surface area contributed by atoms with Crippen LogP contribution in [0.15, 0.2) is 46.8 Å². The Morgan fingerprint density at radius 1 is 1.19 bits per heavy atom. The smallest absolute Gasteiger partial charge is 0.230 e. The molecule has 0 aliphatic rings. The largest absolute Gasteiger partial charge is 0.351 e. The fraction of sp³-hybridized carbons (Fsp3) is 0.167. The van der Waals surface area contributed by atoms with Gasteiger partial charge in [-0.1, -0.05) is 70.6 Å². The van der Waals surface area contributed by atoms with Gasteiger partial charge in [-0.05, 0) is 36.2 Å². The number of para-hydroxylation sites is 1. The maximum absolute atomic E-state index is 12.1. The Labute approximate surface area is 175 Å². The van der Waals surface area contributed by atoms with Gasteiger partial charge in [0.2, 0.25) is 11.0 Å². The van der Waals surface area contributed by atoms with Crippen LogP contribution in [-0.2, 0) is 11.3 Å². The molecule has 3 aromatic rings. The van der Waals surface area contributed by atoms with Crippen LogP contribution < -0.4 is 10.6 Å². The van der Waals surface area contributed by atoms with Gasteiger partial charge in [0, 0.05) is 22.3 Å². The second-order valence-corrected chi connectivity index (χ2v) is 8.66. The van der Waals surface area contributed by atoms with Gasteiger partial charge in [-0.15, -0.1) is 10.2 Å². The number of nitrogens with one attached hydrogen (secondary N) is 2. The summed E-state index contributed by atoms with van der Waals surface area (Å²) in [7, 11) is 0. The molecule has 1 heterocycles. The third-order valence-corrected chi connectivity index (χ3v) is 6.17. The van der Waals surface area contributed by atoms with E-state index >= 15 is 0 Å². The highest BCUT2D eigenvalue weighted by Crippen LogP contribution is 2.28. The molecule has 3 rings (SSSR count). The van der Waals surface area contributed by atoms with Gasteiger partial charge in [-0.3, -0.25) is 4.79 Å². The molecule has 2 N–H and O–H groups in total. The molecule has 140 valence electrons. The molecule has 5 nitrogen and oxygen atoms in total. The van der Waals surface area contributed by atoms with Gasteiger partial charge in [0.1, 0.15) is 0 Å². The van der Waals surface area contributed by atoms with Crippen LogP contribution in [0.2, 0.25) is 10.0 Å². The number of benzene rings is 2. The zero-order valence-electron chi connectivity index (χ0n) is 14.3. The Hall–Kier alpha value is -1.80. The SMILES string of the molecule is Cc1ccccc1Nc1nnc(SCC(=O)NCc2ccc(Cl)cc2Cl)s1. The molecule has 0 atom stereocenters. The average molecular weight is 439 g/mol. The summed E-state index contributed by atoms with van der Waals surface area (Å²) in [5.41, 5.74) is 2.94. The van der Waals surface area contributed by atoms with E-state index in [1.54, 1.807) is 18.2 Å². The number of aromatic nitrogens is 2. The Morgan fingerprint density at radius 3 is 2.78 bits per heavy atom. The molecule has 0 saturated heterocycles. The number of hydrogen-bond acceptors (Lipinski definition) is 6. The molecule has 27 heavy (non-hydrogen) atoms. The zero-order chi connectivity index (χ0) is 19.2. The number of anilines is 2. The molecule has 1 amide bonds. The standard InChI is InChI=1S/C18H16Cl2N4OS2/c1-11-4-2-3-5-15(11)22-17-23-24-18(27-17)26-10-16(25)21-9-12-6-7-13(19)8-14(12)20/h2-8H,9-10H2,1H3,(H,21,25)(H,22,23). The van der Waals surface area contributed by atoms with Gasteiger partial charge in [0.15, 0.2) is 4.34 Å². The van der Waals surface area contributed by atoms with Crippen molar-refractivity contribution in [2.24, 2.45) is 0 Å². The van der Waals surface area contributed by atoms with Crippen LogP contribution >= 0.6 is 46.3 Å². The number of amides is 1. The van der Waals surface area contributed by atoms with E-state index in [9.17, 15) is 4.79 Å². The Balaban J connectivity index is 1.48. The number of thioether (sulfide) groups is 1. The van der Waals surface area contributed by atoms with Gasteiger partial charge >= 0.3 is 0 Å². The molecule has 1 aromatic heterocycles. The van der Waals surface area contributed by atoms with E-state index in [-0.39, 0.29) is 11.7 Å². The normalized spacial score (nSPS) is 10.6. The molecule has 0 unspecified atom stereocenters. The molecule has 0 fully saturated rings. The van der Waals surface area contributed by atoms with Crippen LogP contribution in [0.3, 0.4) is 0 Å². The maximum atomic E-state index is 12.1. The third-order valence-electron chi connectivity index (χ3n) is 3.61. The average Bonchev–Trinajstić information content (AvgIpc) is 3.09. The Morgan fingerprint density at radius 2 is 2.00 bits per heavy atom. The minimum absolute atomic E-state index is 0.102. The minimum atomic E-state index is -0.102. The van der Waals surface area contributed by atoms with Gasteiger partial charge in [0.25, 0.3) is 0 Å². The van der Waals surface area contributed by atoms with E-state index in [1.165, 1.54) is 23.1 Å². The summed E-state index contributed by atoms with van der Waals surface area (Å²) in [5, 5.41) is 16.1. The number of nitrogens with zero attached hydrogens (tertiary/aromatic N) is 2. The van der Waals surface area contributed by atoms with Crippen molar-refractivity contribution in [2.45, 2.75) is 17.8 Å². The van der Waals surface area contributed by atoms with Crippen molar-refractivity contribution < 1.29 is 4.79 Å². The summed E-state index contributed by atoms with van der Waals surface area (Å²) in [4.78, 5) is 12.1. The lowest BCUT2D eigenvalue weighted by Crippen LogP contribution is -2.24. The zero-order valence-corrected chi connectivity index (χ0v) is 17.5. The van der Waals surface area contributed by atoms with Crippen molar-refractivity contribution in [1.82, 2.24) is 15.5 Å². The molecule has 0 bridgehead atoms. The number of carbonyl (C=O) groups is 1. The van der Waals surface area contributed by atoms with Crippen LogP contribution in [0, 0.1) is 6.92 Å². The quantitative estimate of drug-likeness (QED) is 0.489. The molecule has 0 radical (unpaired) electrons. The van der Waals surface area contributed by atoms with Gasteiger partial charge in [-0.25, -0.2) is 0 Å². The van der Waals surface area contributed by atoms with Crippen LogP contribution in [0.4, 0.5) is 10.8 Å². The van der Waals surface area contributed by atoms with Crippen molar-refractivity contribution >= 4 is 63.0 Å². The topological polar surface area (TPSA) is 66.9 Å². The van der Waals surface area contributed by atoms with E-state index < -0.39 is 0 Å². The fourth-order valence-corrected chi connectivity index (χ4v) is 4.25. The fourth-order valence-electron chi connectivity index (χ4n) is 2.18. The predicted octanol–water partition coefficient (Wildman–Crippen LogP) is 5.31. The summed E-state index contributed by atoms with van der Waals surface area (Å²) >= 11 is 14.7. The van der Waals surface area contributed by atoms with Gasteiger partial charge < -0.3 is 10.6 Å². The number of carbonyl (C=O) groups excluding carboxylic acids is 1. The van der Waals surface area contributed by atoms with Crippen molar-refractivity contribution in [2.75, 3.05) is 11.1 Å². The summed E-state index contributed by atoms with van der Waals surface area (Å²) in [5.74, 6) is 0.152. The first-order valence-electron chi connectivity index (χ1n) is 8.01. The lowest BCUT2D eigenvalue weighted by atomic mass is 10.2. The molecular weight excluding hydrogens is 423 g/mol. The second kappa shape index (κ2) is 9.41. The Kier molecular flexibility index (Phi) is 6.95. The highest BCUT2D eigenvalue weighted by atomic mass is 35.5. The predicted molar refractivity (Wildman–Crippen MR) is 113 cm³/mol. The number of aryl methyl sites for hydroxylation is 1. The van der Waals surface area contributed by atoms with Crippen LogP contribution in [0.25, 0.3) is 0 Å². The highest BCUT2D eigenvalue weighted by molar-refractivity contribution is 8.01. The number of hydrogen-bond donors (Lipinski definition) is 2. The molecule has 0 aliphatic heterocycles. The number of halogens is 2. The summed E-state index contributed by atoms with van der Waals surface area (Å²) in [6.07, 6.45) is 0. The molecule has 0 spiro atoms. The monoisotopic (exact) mass is 438 g/mol. The molecule has 0 saturated carbocycles. The lowest BCUT2D eigenvalue weighted by Gasteiger charge is -2.06. The minimum Gasteiger partial charge on any atom is -0.351 e. The lowest BCUT2D eigenvalue weighted by molar-refractivity contribution is -0.118. The summed E-state index contributed by atoms with van der Waals surface area (Å²) in [6, 6.07) is 13.2. The van der Waals surface area contributed by atoms with Crippen LogP contribution in [-0.4, -0.2) is 21.9 Å². The van der Waals surface area contributed by atoms with Crippen molar-refractivity contribution in [1.29, 1.82) is 0 Å². The van der Waals surface area contributed by atoms with Gasteiger partial charge in [0.05, 0.1) is 5.75 Å². The van der Waals surface area contributed by atoms with E-state index in [2.05, 4.69) is 20.8 Å². The molecular formula is C18H16Cl2N4OS2. The maximum Gasteiger partial charge on any atom is 0.230 e. The first kappa shape index (κ1) is 19.9. The van der Waals surface area contributed by atoms with Crippen LogP contribution in [0.5, 0.6) is 0 Å². The summed E-state index contributed by atoms with van der Waals surface area (Å²) in [6.45, 7) is 2.38. The van der Waals surface area contributed by atoms with Crippen molar-refractivity contribution in [3.63, 3.8) is 0 Å². The second-order valence-electron chi connectivity index (χ2n) is 5.61. The van der Waals surface area contributed by atoms with Crippen molar-refractivity contribution in [3.05, 3.63) is 63.6 Å². The van der Waals surface area contributed by atoms with Crippen molar-refractivity contribution in [3.8, 4) is 0 Å². The van der Waals surface area contributed by atoms with E-state index in [1.807, 2.05) is 31.2 Å².